The molecule has 0 heteroatoms. The van der Waals surface area contributed by atoms with Crippen molar-refractivity contribution in [2.45, 2.75) is 64.2 Å². The molecular formula is C34H36. The average molecular weight is 445 g/mol. The molecule has 4 aromatic rings. The van der Waals surface area contributed by atoms with E-state index in [0.717, 1.165) is 12.8 Å². The van der Waals surface area contributed by atoms with Gasteiger partial charge in [-0.15, -0.1) is 0 Å². The standard InChI is InChI=1S/C34H36/c1-23(27-13-7-5-8-14-27)21-29-17-11-19-31-26(4)34-30(18-12-20-32(34)25(3)33(29)31)22-24(2)28-15-9-6-10-16-28/h5-20,23-26H,21-22H2,1-4H3. The van der Waals surface area contributed by atoms with Crippen LogP contribution in [0.15, 0.2) is 97.1 Å². The molecule has 1 aliphatic carbocycles. The lowest BCUT2D eigenvalue weighted by Crippen LogP contribution is -2.20. The number of benzene rings is 4. The van der Waals surface area contributed by atoms with Gasteiger partial charge >= 0.3 is 0 Å². The minimum Gasteiger partial charge on any atom is -0.0622 e. The van der Waals surface area contributed by atoms with Crippen molar-refractivity contribution in [3.05, 3.63) is 142 Å². The molecule has 1 aliphatic rings. The summed E-state index contributed by atoms with van der Waals surface area (Å²) in [5, 5.41) is 0. The highest BCUT2D eigenvalue weighted by Crippen LogP contribution is 2.46. The van der Waals surface area contributed by atoms with Gasteiger partial charge < -0.3 is 0 Å². The highest BCUT2D eigenvalue weighted by molar-refractivity contribution is 5.57. The second kappa shape index (κ2) is 9.63. The first kappa shape index (κ1) is 22.7. The lowest BCUT2D eigenvalue weighted by molar-refractivity contribution is 0.697. The Balaban J connectivity index is 1.49. The molecule has 0 heterocycles. The minimum atomic E-state index is 0.423. The zero-order chi connectivity index (χ0) is 23.7. The predicted molar refractivity (Wildman–Crippen MR) is 145 cm³/mol. The summed E-state index contributed by atoms with van der Waals surface area (Å²) in [7, 11) is 0. The fraction of sp³-hybridized carbons (Fsp3) is 0.294. The molecule has 0 radical (unpaired) electrons. The normalized spacial score (nSPS) is 18.6. The molecule has 0 aliphatic heterocycles. The van der Waals surface area contributed by atoms with Crippen LogP contribution < -0.4 is 0 Å². The van der Waals surface area contributed by atoms with Crippen LogP contribution in [0.3, 0.4) is 0 Å². The molecule has 0 spiro atoms. The largest absolute Gasteiger partial charge is 0.0622 e. The van der Waals surface area contributed by atoms with Crippen molar-refractivity contribution in [1.29, 1.82) is 0 Å². The van der Waals surface area contributed by atoms with Gasteiger partial charge in [0.15, 0.2) is 0 Å². The summed E-state index contributed by atoms with van der Waals surface area (Å²) in [6.45, 7) is 9.57. The molecule has 34 heavy (non-hydrogen) atoms. The van der Waals surface area contributed by atoms with Crippen molar-refractivity contribution in [2.75, 3.05) is 0 Å². The Bertz CT molecular complexity index is 1150. The van der Waals surface area contributed by atoms with Gasteiger partial charge in [-0.25, -0.2) is 0 Å². The number of hydrogen-bond acceptors (Lipinski definition) is 0. The van der Waals surface area contributed by atoms with E-state index in [1.807, 2.05) is 0 Å². The van der Waals surface area contributed by atoms with Crippen LogP contribution in [0.4, 0.5) is 0 Å². The van der Waals surface area contributed by atoms with Crippen LogP contribution in [0.25, 0.3) is 0 Å². The quantitative estimate of drug-likeness (QED) is 0.278. The smallest absolute Gasteiger partial charge is 0.00697 e. The zero-order valence-electron chi connectivity index (χ0n) is 21.0. The van der Waals surface area contributed by atoms with Gasteiger partial charge in [-0.1, -0.05) is 125 Å². The number of fused-ring (bicyclic) bond motifs is 2. The van der Waals surface area contributed by atoms with Gasteiger partial charge in [0, 0.05) is 11.8 Å². The van der Waals surface area contributed by atoms with Crippen molar-refractivity contribution >= 4 is 0 Å². The lowest BCUT2D eigenvalue weighted by Gasteiger charge is -2.35. The maximum Gasteiger partial charge on any atom is 0.00697 e. The summed E-state index contributed by atoms with van der Waals surface area (Å²) in [6.07, 6.45) is 2.18. The van der Waals surface area contributed by atoms with Crippen molar-refractivity contribution in [3.63, 3.8) is 0 Å². The number of rotatable bonds is 6. The molecule has 0 N–H and O–H groups in total. The van der Waals surface area contributed by atoms with E-state index in [4.69, 9.17) is 0 Å². The van der Waals surface area contributed by atoms with Gasteiger partial charge in [0.05, 0.1) is 0 Å². The molecule has 4 aromatic carbocycles. The van der Waals surface area contributed by atoms with Crippen molar-refractivity contribution in [2.24, 2.45) is 0 Å². The van der Waals surface area contributed by atoms with E-state index in [-0.39, 0.29) is 0 Å². The maximum atomic E-state index is 2.42. The third-order valence-corrected chi connectivity index (χ3v) is 8.05. The van der Waals surface area contributed by atoms with E-state index in [2.05, 4.69) is 125 Å². The summed E-state index contributed by atoms with van der Waals surface area (Å²) < 4.78 is 0. The van der Waals surface area contributed by atoms with E-state index >= 15 is 0 Å². The fourth-order valence-corrected chi connectivity index (χ4v) is 6.20. The molecular weight excluding hydrogens is 408 g/mol. The van der Waals surface area contributed by atoms with Gasteiger partial charge in [0.2, 0.25) is 0 Å². The van der Waals surface area contributed by atoms with E-state index in [1.165, 1.54) is 33.4 Å². The Labute approximate surface area is 205 Å². The molecule has 0 aromatic heterocycles. The molecule has 0 saturated carbocycles. The van der Waals surface area contributed by atoms with Crippen LogP contribution in [0.2, 0.25) is 0 Å². The molecule has 0 amide bonds. The third kappa shape index (κ3) is 4.23. The second-order valence-corrected chi connectivity index (χ2v) is 10.3. The number of hydrogen-bond donors (Lipinski definition) is 0. The molecule has 0 nitrogen and oxygen atoms in total. The Morgan fingerprint density at radius 3 is 1.26 bits per heavy atom. The first-order valence-corrected chi connectivity index (χ1v) is 12.9. The summed E-state index contributed by atoms with van der Waals surface area (Å²) in [5.74, 6) is 1.86. The molecule has 4 atom stereocenters. The van der Waals surface area contributed by atoms with Crippen molar-refractivity contribution in [3.8, 4) is 0 Å². The van der Waals surface area contributed by atoms with Gasteiger partial charge in [0.25, 0.3) is 0 Å². The zero-order valence-corrected chi connectivity index (χ0v) is 21.0. The summed E-state index contributed by atoms with van der Waals surface area (Å²) in [4.78, 5) is 0. The van der Waals surface area contributed by atoms with Gasteiger partial charge in [-0.2, -0.15) is 0 Å². The first-order valence-electron chi connectivity index (χ1n) is 12.9. The van der Waals surface area contributed by atoms with E-state index < -0.39 is 0 Å². The topological polar surface area (TPSA) is 0 Å². The van der Waals surface area contributed by atoms with Crippen LogP contribution in [0.1, 0.15) is 95.9 Å². The highest BCUT2D eigenvalue weighted by Gasteiger charge is 2.31. The highest BCUT2D eigenvalue weighted by atomic mass is 14.3. The van der Waals surface area contributed by atoms with Crippen LogP contribution in [0.5, 0.6) is 0 Å². The fourth-order valence-electron chi connectivity index (χ4n) is 6.20. The van der Waals surface area contributed by atoms with Gasteiger partial charge in [0.1, 0.15) is 0 Å². The molecule has 0 bridgehead atoms. The maximum absolute atomic E-state index is 2.42. The van der Waals surface area contributed by atoms with Crippen LogP contribution in [-0.4, -0.2) is 0 Å². The SMILES string of the molecule is CC(Cc1cccc2c1C(C)c1cccc(CC(C)c3ccccc3)c1C2C)c1ccccc1. The monoisotopic (exact) mass is 444 g/mol. The second-order valence-electron chi connectivity index (χ2n) is 10.3. The van der Waals surface area contributed by atoms with Crippen LogP contribution in [0, 0.1) is 0 Å². The molecule has 0 fully saturated rings. The van der Waals surface area contributed by atoms with Crippen molar-refractivity contribution in [1.82, 2.24) is 0 Å². The predicted octanol–water partition coefficient (Wildman–Crippen LogP) is 9.00. The Morgan fingerprint density at radius 1 is 0.500 bits per heavy atom. The van der Waals surface area contributed by atoms with E-state index in [0.29, 0.717) is 23.7 Å². The van der Waals surface area contributed by atoms with Crippen LogP contribution in [-0.2, 0) is 12.8 Å². The third-order valence-electron chi connectivity index (χ3n) is 8.05. The summed E-state index contributed by atoms with van der Waals surface area (Å²) >= 11 is 0. The Morgan fingerprint density at radius 2 is 0.882 bits per heavy atom. The lowest BCUT2D eigenvalue weighted by atomic mass is 9.69. The summed E-state index contributed by atoms with van der Waals surface area (Å²) in [6, 6.07) is 36.0. The van der Waals surface area contributed by atoms with Gasteiger partial charge in [-0.05, 0) is 69.2 Å². The Hall–Kier alpha value is -3.12. The van der Waals surface area contributed by atoms with Crippen molar-refractivity contribution < 1.29 is 0 Å². The first-order chi connectivity index (χ1) is 16.5. The average Bonchev–Trinajstić information content (AvgIpc) is 2.88. The molecule has 4 unspecified atom stereocenters. The minimum absolute atomic E-state index is 0.423. The Kier molecular flexibility index (Phi) is 6.42. The molecule has 0 saturated heterocycles. The van der Waals surface area contributed by atoms with E-state index in [1.54, 1.807) is 11.1 Å². The molecule has 172 valence electrons. The van der Waals surface area contributed by atoms with Crippen LogP contribution >= 0.6 is 0 Å². The molecule has 5 rings (SSSR count). The van der Waals surface area contributed by atoms with E-state index in [9.17, 15) is 0 Å². The summed E-state index contributed by atoms with van der Waals surface area (Å²) in [5.41, 5.74) is 12.1. The van der Waals surface area contributed by atoms with Gasteiger partial charge in [-0.3, -0.25) is 0 Å².